The Morgan fingerprint density at radius 2 is 2.25 bits per heavy atom. The van der Waals surface area contributed by atoms with E-state index in [1.165, 1.54) is 6.20 Å². The molecule has 2 aromatic heterocycles. The molecule has 7 heteroatoms. The van der Waals surface area contributed by atoms with E-state index < -0.39 is 5.97 Å². The number of carboxylic acids is 1. The topological polar surface area (TPSA) is 107 Å². The Labute approximate surface area is 90.6 Å². The average molecular weight is 219 g/mol. The fourth-order valence-corrected chi connectivity index (χ4v) is 1.25. The molecule has 0 atom stereocenters. The molecule has 82 valence electrons. The molecular weight excluding hydrogens is 210 g/mol. The summed E-state index contributed by atoms with van der Waals surface area (Å²) in [6, 6.07) is 0. The third-order valence-electron chi connectivity index (χ3n) is 2.00. The first-order chi connectivity index (χ1) is 7.58. The molecule has 0 bridgehead atoms. The Morgan fingerprint density at radius 1 is 1.50 bits per heavy atom. The van der Waals surface area contributed by atoms with Gasteiger partial charge in [0, 0.05) is 18.8 Å². The molecule has 0 aliphatic carbocycles. The molecule has 16 heavy (non-hydrogen) atoms. The molecular formula is C9H9N5O2. The van der Waals surface area contributed by atoms with Crippen LogP contribution in [0.3, 0.4) is 0 Å². The smallest absolute Gasteiger partial charge is 0.358 e. The molecule has 0 radical (unpaired) electrons. The lowest BCUT2D eigenvalue weighted by molar-refractivity contribution is 0.0691. The van der Waals surface area contributed by atoms with E-state index in [2.05, 4.69) is 15.1 Å². The molecule has 0 unspecified atom stereocenters. The van der Waals surface area contributed by atoms with Crippen LogP contribution in [0.2, 0.25) is 0 Å². The molecule has 2 aromatic rings. The molecule has 0 amide bonds. The number of aromatic nitrogens is 4. The van der Waals surface area contributed by atoms with Crippen LogP contribution in [0.1, 0.15) is 10.5 Å². The monoisotopic (exact) mass is 219 g/mol. The predicted octanol–water partition coefficient (Wildman–Crippen LogP) is 0.158. The number of carboxylic acid groups (broad SMARTS) is 1. The highest BCUT2D eigenvalue weighted by atomic mass is 16.4. The summed E-state index contributed by atoms with van der Waals surface area (Å²) in [7, 11) is 1.76. The van der Waals surface area contributed by atoms with E-state index in [4.69, 9.17) is 10.8 Å². The van der Waals surface area contributed by atoms with Crippen LogP contribution in [0, 0.1) is 0 Å². The maximum atomic E-state index is 10.8. The van der Waals surface area contributed by atoms with Crippen molar-refractivity contribution < 1.29 is 9.90 Å². The van der Waals surface area contributed by atoms with Crippen LogP contribution in [0.4, 0.5) is 5.82 Å². The molecule has 0 fully saturated rings. The molecule has 2 rings (SSSR count). The van der Waals surface area contributed by atoms with Crippen LogP contribution in [0.15, 0.2) is 18.6 Å². The van der Waals surface area contributed by atoms with Gasteiger partial charge in [-0.1, -0.05) is 0 Å². The molecule has 0 saturated carbocycles. The fraction of sp³-hybridized carbons (Fsp3) is 0.111. The van der Waals surface area contributed by atoms with E-state index in [-0.39, 0.29) is 11.5 Å². The molecule has 0 aromatic carbocycles. The Kier molecular flexibility index (Phi) is 2.28. The summed E-state index contributed by atoms with van der Waals surface area (Å²) in [6.07, 6.45) is 4.70. The first-order valence-corrected chi connectivity index (χ1v) is 4.43. The van der Waals surface area contributed by atoms with Crippen molar-refractivity contribution in [3.8, 4) is 11.3 Å². The van der Waals surface area contributed by atoms with Gasteiger partial charge in [-0.2, -0.15) is 5.10 Å². The van der Waals surface area contributed by atoms with Gasteiger partial charge in [0.25, 0.3) is 0 Å². The largest absolute Gasteiger partial charge is 0.476 e. The summed E-state index contributed by atoms with van der Waals surface area (Å²) in [5, 5.41) is 12.8. The van der Waals surface area contributed by atoms with Crippen molar-refractivity contribution in [3.05, 3.63) is 24.3 Å². The molecule has 0 aliphatic heterocycles. The zero-order valence-electron chi connectivity index (χ0n) is 8.45. The normalized spacial score (nSPS) is 10.3. The van der Waals surface area contributed by atoms with Crippen LogP contribution in [0.5, 0.6) is 0 Å². The summed E-state index contributed by atoms with van der Waals surface area (Å²) in [5.41, 5.74) is 6.27. The van der Waals surface area contributed by atoms with Gasteiger partial charge < -0.3 is 10.8 Å². The van der Waals surface area contributed by atoms with E-state index >= 15 is 0 Å². The zero-order valence-corrected chi connectivity index (χ0v) is 8.45. The Balaban J connectivity index is 2.51. The summed E-state index contributed by atoms with van der Waals surface area (Å²) >= 11 is 0. The molecule has 3 N–H and O–H groups in total. The molecule has 7 nitrogen and oxygen atoms in total. The van der Waals surface area contributed by atoms with Crippen molar-refractivity contribution in [1.82, 2.24) is 19.7 Å². The standard InChI is InChI=1S/C9H9N5O2/c1-14-4-5(2-12-14)6-3-11-8(10)7(13-6)9(15)16/h2-4H,1H3,(H2,10,11)(H,15,16). The van der Waals surface area contributed by atoms with E-state index in [0.717, 1.165) is 0 Å². The third-order valence-corrected chi connectivity index (χ3v) is 2.00. The molecule has 0 spiro atoms. The highest BCUT2D eigenvalue weighted by Crippen LogP contribution is 2.17. The van der Waals surface area contributed by atoms with Gasteiger partial charge in [0.05, 0.1) is 18.1 Å². The van der Waals surface area contributed by atoms with Crippen LogP contribution in [0.25, 0.3) is 11.3 Å². The van der Waals surface area contributed by atoms with Gasteiger partial charge in [0.1, 0.15) is 0 Å². The van der Waals surface area contributed by atoms with Gasteiger partial charge >= 0.3 is 5.97 Å². The third kappa shape index (κ3) is 1.70. The zero-order chi connectivity index (χ0) is 11.7. The van der Waals surface area contributed by atoms with Crippen LogP contribution in [-0.2, 0) is 7.05 Å². The van der Waals surface area contributed by atoms with Crippen molar-refractivity contribution in [2.24, 2.45) is 7.05 Å². The highest BCUT2D eigenvalue weighted by molar-refractivity contribution is 5.90. The maximum absolute atomic E-state index is 10.8. The Bertz CT molecular complexity index is 549. The second-order valence-electron chi connectivity index (χ2n) is 3.20. The predicted molar refractivity (Wildman–Crippen MR) is 55.6 cm³/mol. The number of rotatable bonds is 2. The van der Waals surface area contributed by atoms with Gasteiger partial charge in [-0.05, 0) is 0 Å². The lowest BCUT2D eigenvalue weighted by Crippen LogP contribution is -2.08. The Morgan fingerprint density at radius 3 is 2.81 bits per heavy atom. The van der Waals surface area contributed by atoms with Gasteiger partial charge in [-0.25, -0.2) is 14.8 Å². The van der Waals surface area contributed by atoms with Gasteiger partial charge in [-0.3, -0.25) is 4.68 Å². The molecule has 0 saturated heterocycles. The van der Waals surface area contributed by atoms with Crippen molar-refractivity contribution in [2.75, 3.05) is 5.73 Å². The number of nitrogens with zero attached hydrogens (tertiary/aromatic N) is 4. The molecule has 2 heterocycles. The van der Waals surface area contributed by atoms with Gasteiger partial charge in [0.15, 0.2) is 11.5 Å². The number of aryl methyl sites for hydroxylation is 1. The minimum atomic E-state index is -1.20. The molecule has 0 aliphatic rings. The van der Waals surface area contributed by atoms with E-state index in [0.29, 0.717) is 11.3 Å². The fourth-order valence-electron chi connectivity index (χ4n) is 1.25. The quantitative estimate of drug-likeness (QED) is 0.744. The Hall–Kier alpha value is -2.44. The SMILES string of the molecule is Cn1cc(-c2cnc(N)c(C(=O)O)n2)cn1. The summed E-state index contributed by atoms with van der Waals surface area (Å²) in [6.45, 7) is 0. The first kappa shape index (κ1) is 10.1. The average Bonchev–Trinajstić information content (AvgIpc) is 2.65. The van der Waals surface area contributed by atoms with Crippen LogP contribution >= 0.6 is 0 Å². The summed E-state index contributed by atoms with van der Waals surface area (Å²) in [5.74, 6) is -1.30. The van der Waals surface area contributed by atoms with Crippen LogP contribution < -0.4 is 5.73 Å². The van der Waals surface area contributed by atoms with E-state index in [1.54, 1.807) is 24.1 Å². The number of hydrogen-bond acceptors (Lipinski definition) is 5. The number of nitrogen functional groups attached to an aromatic ring is 1. The lowest BCUT2D eigenvalue weighted by atomic mass is 10.2. The van der Waals surface area contributed by atoms with E-state index in [9.17, 15) is 4.79 Å². The minimum Gasteiger partial charge on any atom is -0.476 e. The summed E-state index contributed by atoms with van der Waals surface area (Å²) < 4.78 is 1.59. The number of aromatic carboxylic acids is 1. The maximum Gasteiger partial charge on any atom is 0.358 e. The van der Waals surface area contributed by atoms with Gasteiger partial charge in [-0.15, -0.1) is 0 Å². The highest BCUT2D eigenvalue weighted by Gasteiger charge is 2.13. The van der Waals surface area contributed by atoms with Crippen molar-refractivity contribution in [1.29, 1.82) is 0 Å². The van der Waals surface area contributed by atoms with Crippen molar-refractivity contribution >= 4 is 11.8 Å². The number of nitrogens with two attached hydrogens (primary N) is 1. The van der Waals surface area contributed by atoms with Crippen molar-refractivity contribution in [2.45, 2.75) is 0 Å². The second-order valence-corrected chi connectivity index (χ2v) is 3.20. The van der Waals surface area contributed by atoms with Crippen molar-refractivity contribution in [3.63, 3.8) is 0 Å². The van der Waals surface area contributed by atoms with Crippen LogP contribution in [-0.4, -0.2) is 30.8 Å². The number of anilines is 1. The van der Waals surface area contributed by atoms with E-state index in [1.807, 2.05) is 0 Å². The van der Waals surface area contributed by atoms with Gasteiger partial charge in [0.2, 0.25) is 0 Å². The summed E-state index contributed by atoms with van der Waals surface area (Å²) in [4.78, 5) is 18.5. The second kappa shape index (κ2) is 3.61. The minimum absolute atomic E-state index is 0.0971. The lowest BCUT2D eigenvalue weighted by Gasteiger charge is -2.01. The number of hydrogen-bond donors (Lipinski definition) is 2. The number of carbonyl (C=O) groups is 1. The first-order valence-electron chi connectivity index (χ1n) is 4.43.